The van der Waals surface area contributed by atoms with E-state index in [4.69, 9.17) is 0 Å². The van der Waals surface area contributed by atoms with Gasteiger partial charge in [-0.1, -0.05) is 29.0 Å². The van der Waals surface area contributed by atoms with Crippen LogP contribution in [0.2, 0.25) is 0 Å². The third-order valence-electron chi connectivity index (χ3n) is 1.10. The minimum atomic E-state index is 0.699. The molecule has 1 unspecified atom stereocenters. The van der Waals surface area contributed by atoms with Crippen molar-refractivity contribution in [1.82, 2.24) is 0 Å². The highest BCUT2D eigenvalue weighted by Crippen LogP contribution is 2.56. The topological polar surface area (TPSA) is 0 Å². The molecule has 0 saturated carbocycles. The summed E-state index contributed by atoms with van der Waals surface area (Å²) in [6, 6.07) is 0. The fourth-order valence-electron chi connectivity index (χ4n) is 0.697. The molecule has 1 heterocycles. The zero-order valence-electron chi connectivity index (χ0n) is 4.03. The zero-order valence-corrected chi connectivity index (χ0v) is 6.48. The highest BCUT2D eigenvalue weighted by Gasteiger charge is 2.22. The summed E-state index contributed by atoms with van der Waals surface area (Å²) in [5, 5.41) is 0.699. The largest absolute Gasteiger partial charge is 0.0691 e. The third-order valence-corrected chi connectivity index (χ3v) is 5.56. The lowest BCUT2D eigenvalue weighted by molar-refractivity contribution is 1.46. The second-order valence-electron chi connectivity index (χ2n) is 1.62. The van der Waals surface area contributed by atoms with Gasteiger partial charge in [-0.05, 0) is 20.6 Å². The van der Waals surface area contributed by atoms with Crippen LogP contribution in [-0.4, -0.2) is 5.25 Å². The van der Waals surface area contributed by atoms with E-state index in [1.165, 1.54) is 4.91 Å². The Kier molecular flexibility index (Phi) is 1.36. The Labute approximate surface area is 60.0 Å². The highest BCUT2D eigenvalue weighted by molar-refractivity contribution is 9.11. The average molecular weight is 160 g/mol. The zero-order chi connectivity index (χ0) is 5.40. The molecule has 0 aromatic heterocycles. The number of hydrogen-bond acceptors (Lipinski definition) is 3. The van der Waals surface area contributed by atoms with Crippen LogP contribution in [0.3, 0.4) is 0 Å². The van der Waals surface area contributed by atoms with Crippen molar-refractivity contribution in [2.24, 2.45) is 0 Å². The van der Waals surface area contributed by atoms with E-state index in [9.17, 15) is 0 Å². The lowest BCUT2D eigenvalue weighted by Crippen LogP contribution is -1.85. The van der Waals surface area contributed by atoms with Gasteiger partial charge in [-0.3, -0.25) is 0 Å². The molecule has 1 saturated heterocycles. The smallest absolute Gasteiger partial charge is 0.0660 e. The fraction of sp³-hybridized carbons (Fsp3) is 0.200. The van der Waals surface area contributed by atoms with Crippen molar-refractivity contribution in [2.45, 2.75) is 5.25 Å². The molecule has 1 fully saturated rings. The first kappa shape index (κ1) is 5.33. The van der Waals surface area contributed by atoms with Gasteiger partial charge >= 0.3 is 0 Å². The predicted octanol–water partition coefficient (Wildman–Crippen LogP) is 2.85. The second-order valence-corrected chi connectivity index (χ2v) is 5.81. The van der Waals surface area contributed by atoms with Gasteiger partial charge in [-0.15, -0.1) is 0 Å². The molecule has 0 aromatic rings. The fourth-order valence-corrected chi connectivity index (χ4v) is 5.60. The first-order chi connectivity index (χ1) is 3.97. The van der Waals surface area contributed by atoms with E-state index in [1.54, 1.807) is 0 Å². The molecule has 0 bridgehead atoms. The number of rotatable bonds is 0. The predicted molar refractivity (Wildman–Crippen MR) is 43.8 cm³/mol. The number of hydrogen-bond donors (Lipinski definition) is 0. The molecule has 1 aliphatic heterocycles. The summed E-state index contributed by atoms with van der Waals surface area (Å²) in [6.45, 7) is 0. The number of allylic oxidation sites excluding steroid dienone is 2. The van der Waals surface area contributed by atoms with Crippen molar-refractivity contribution in [2.75, 3.05) is 0 Å². The van der Waals surface area contributed by atoms with Crippen LogP contribution in [0.5, 0.6) is 0 Å². The van der Waals surface area contributed by atoms with Gasteiger partial charge < -0.3 is 0 Å². The normalized spacial score (nSPS) is 33.0. The Morgan fingerprint density at radius 2 is 2.50 bits per heavy atom. The summed E-state index contributed by atoms with van der Waals surface area (Å²) in [4.78, 5) is 1.51. The molecule has 8 heavy (non-hydrogen) atoms. The SMILES string of the molecule is C1=CC2SSSC2=C1. The minimum Gasteiger partial charge on any atom is -0.0691 e. The molecule has 0 radical (unpaired) electrons. The third kappa shape index (κ3) is 0.731. The van der Waals surface area contributed by atoms with E-state index in [1.807, 2.05) is 31.4 Å². The second kappa shape index (κ2) is 2.05. The lowest BCUT2D eigenvalue weighted by atomic mass is 10.5. The van der Waals surface area contributed by atoms with E-state index in [0.717, 1.165) is 0 Å². The van der Waals surface area contributed by atoms with Gasteiger partial charge in [-0.2, -0.15) is 0 Å². The van der Waals surface area contributed by atoms with E-state index in [0.29, 0.717) is 5.25 Å². The molecule has 0 N–H and O–H groups in total. The van der Waals surface area contributed by atoms with Gasteiger partial charge in [0.05, 0.1) is 5.25 Å². The van der Waals surface area contributed by atoms with Crippen molar-refractivity contribution in [3.63, 3.8) is 0 Å². The van der Waals surface area contributed by atoms with Crippen LogP contribution in [0.15, 0.2) is 23.1 Å². The Balaban J connectivity index is 2.29. The molecule has 1 aliphatic carbocycles. The maximum atomic E-state index is 2.24. The van der Waals surface area contributed by atoms with Crippen molar-refractivity contribution in [3.8, 4) is 0 Å². The van der Waals surface area contributed by atoms with Gasteiger partial charge in [0.25, 0.3) is 0 Å². The summed E-state index contributed by atoms with van der Waals surface area (Å²) in [6.07, 6.45) is 6.58. The summed E-state index contributed by atoms with van der Waals surface area (Å²) in [5.41, 5.74) is 0. The van der Waals surface area contributed by atoms with Gasteiger partial charge in [0.15, 0.2) is 0 Å². The molecule has 0 nitrogen and oxygen atoms in total. The lowest BCUT2D eigenvalue weighted by Gasteiger charge is -1.92. The van der Waals surface area contributed by atoms with Crippen LogP contribution in [-0.2, 0) is 0 Å². The Morgan fingerprint density at radius 3 is 3.38 bits per heavy atom. The summed E-state index contributed by atoms with van der Waals surface area (Å²) in [5.74, 6) is 0. The maximum Gasteiger partial charge on any atom is 0.0660 e. The van der Waals surface area contributed by atoms with Crippen LogP contribution < -0.4 is 0 Å². The van der Waals surface area contributed by atoms with Gasteiger partial charge in [0.1, 0.15) is 0 Å². The Hall–Kier alpha value is 0.530. The monoisotopic (exact) mass is 160 g/mol. The number of fused-ring (bicyclic) bond motifs is 1. The molecule has 0 spiro atoms. The molecule has 1 atom stereocenters. The van der Waals surface area contributed by atoms with Gasteiger partial charge in [0, 0.05) is 4.91 Å². The van der Waals surface area contributed by atoms with Crippen molar-refractivity contribution >= 4 is 31.4 Å². The van der Waals surface area contributed by atoms with Crippen molar-refractivity contribution in [1.29, 1.82) is 0 Å². The summed E-state index contributed by atoms with van der Waals surface area (Å²) < 4.78 is 0. The van der Waals surface area contributed by atoms with E-state index in [-0.39, 0.29) is 0 Å². The van der Waals surface area contributed by atoms with E-state index < -0.39 is 0 Å². The first-order valence-electron chi connectivity index (χ1n) is 2.35. The van der Waals surface area contributed by atoms with Crippen molar-refractivity contribution < 1.29 is 0 Å². The average Bonchev–Trinajstić information content (AvgIpc) is 2.15. The Morgan fingerprint density at radius 1 is 1.50 bits per heavy atom. The molecule has 0 aromatic carbocycles. The van der Waals surface area contributed by atoms with Crippen LogP contribution in [0.4, 0.5) is 0 Å². The van der Waals surface area contributed by atoms with Crippen LogP contribution in [0.1, 0.15) is 0 Å². The van der Waals surface area contributed by atoms with E-state index >= 15 is 0 Å². The summed E-state index contributed by atoms with van der Waals surface area (Å²) >= 11 is 0. The minimum absolute atomic E-state index is 0.699. The molecule has 42 valence electrons. The highest BCUT2D eigenvalue weighted by atomic mass is 33.5. The quantitative estimate of drug-likeness (QED) is 0.500. The molecule has 3 heteroatoms. The van der Waals surface area contributed by atoms with Crippen LogP contribution in [0.25, 0.3) is 0 Å². The molecule has 0 amide bonds. The maximum absolute atomic E-state index is 2.24. The summed E-state index contributed by atoms with van der Waals surface area (Å²) in [7, 11) is 5.71. The van der Waals surface area contributed by atoms with Gasteiger partial charge in [-0.25, -0.2) is 0 Å². The molecular weight excluding hydrogens is 156 g/mol. The van der Waals surface area contributed by atoms with Crippen LogP contribution in [0, 0.1) is 0 Å². The van der Waals surface area contributed by atoms with Crippen molar-refractivity contribution in [3.05, 3.63) is 23.1 Å². The molecule has 2 aliphatic rings. The Bertz CT molecular complexity index is 159. The molecular formula is C5H4S3. The van der Waals surface area contributed by atoms with Crippen LogP contribution >= 0.6 is 31.4 Å². The standard InChI is InChI=1S/C5H4S3/c1-2-4-5(3-1)7-8-6-4/h1-4H. The van der Waals surface area contributed by atoms with Gasteiger partial charge in [0.2, 0.25) is 0 Å². The molecule has 2 rings (SSSR count). The van der Waals surface area contributed by atoms with E-state index in [2.05, 4.69) is 18.2 Å². The first-order valence-corrected chi connectivity index (χ1v) is 5.90.